The van der Waals surface area contributed by atoms with Crippen LogP contribution < -0.4 is 10.6 Å². The minimum Gasteiger partial charge on any atom is -0.305 e. The molecule has 3 rings (SSSR count). The average molecular weight is 347 g/mol. The van der Waals surface area contributed by atoms with Gasteiger partial charge in [0.2, 0.25) is 17.5 Å². The maximum atomic E-state index is 12.4. The van der Waals surface area contributed by atoms with Gasteiger partial charge in [0.15, 0.2) is 0 Å². The molecular formula is C14H11ClN6O3. The van der Waals surface area contributed by atoms with Gasteiger partial charge < -0.3 is 10.6 Å². The summed E-state index contributed by atoms with van der Waals surface area (Å²) in [5.41, 5.74) is 0.872. The second-order valence-corrected chi connectivity index (χ2v) is 5.12. The van der Waals surface area contributed by atoms with E-state index < -0.39 is 5.91 Å². The Kier molecular flexibility index (Phi) is 4.25. The lowest BCUT2D eigenvalue weighted by molar-refractivity contribution is -0.114. The van der Waals surface area contributed by atoms with Gasteiger partial charge in [0.1, 0.15) is 0 Å². The molecule has 0 aliphatic rings. The smallest absolute Gasteiger partial charge is 0.258 e. The van der Waals surface area contributed by atoms with Crippen molar-refractivity contribution < 1.29 is 14.2 Å². The van der Waals surface area contributed by atoms with Crippen molar-refractivity contribution in [1.29, 1.82) is 0 Å². The van der Waals surface area contributed by atoms with E-state index in [4.69, 9.17) is 11.6 Å². The van der Waals surface area contributed by atoms with Gasteiger partial charge in [0.05, 0.1) is 16.3 Å². The zero-order valence-corrected chi connectivity index (χ0v) is 13.1. The summed E-state index contributed by atoms with van der Waals surface area (Å²) in [5, 5.41) is 16.3. The van der Waals surface area contributed by atoms with Gasteiger partial charge in [-0.15, -0.1) is 0 Å². The highest BCUT2D eigenvalue weighted by Crippen LogP contribution is 2.22. The van der Waals surface area contributed by atoms with Gasteiger partial charge in [-0.2, -0.15) is 5.10 Å². The molecule has 9 nitrogen and oxygen atoms in total. The summed E-state index contributed by atoms with van der Waals surface area (Å²) in [6.45, 7) is 1.30. The van der Waals surface area contributed by atoms with Crippen LogP contribution in [0.5, 0.6) is 0 Å². The molecule has 3 aromatic rings. The van der Waals surface area contributed by atoms with Crippen LogP contribution in [0.1, 0.15) is 17.3 Å². The Morgan fingerprint density at radius 3 is 2.62 bits per heavy atom. The van der Waals surface area contributed by atoms with Crippen LogP contribution >= 0.6 is 11.6 Å². The normalized spacial score (nSPS) is 10.4. The minimum atomic E-state index is -0.531. The molecule has 2 amide bonds. The largest absolute Gasteiger partial charge is 0.305 e. The van der Waals surface area contributed by atoms with E-state index in [9.17, 15) is 9.59 Å². The van der Waals surface area contributed by atoms with E-state index >= 15 is 0 Å². The SMILES string of the molecule is CC(=O)Nc1nonc1NC(=O)c1cc(-n2cccn2)ccc1Cl. The van der Waals surface area contributed by atoms with E-state index in [-0.39, 0.29) is 28.1 Å². The molecule has 0 saturated heterocycles. The lowest BCUT2D eigenvalue weighted by Gasteiger charge is -2.08. The molecule has 0 saturated carbocycles. The monoisotopic (exact) mass is 346 g/mol. The molecule has 2 aromatic heterocycles. The number of hydrogen-bond acceptors (Lipinski definition) is 6. The van der Waals surface area contributed by atoms with Crippen LogP contribution in [-0.4, -0.2) is 31.9 Å². The lowest BCUT2D eigenvalue weighted by atomic mass is 10.2. The van der Waals surface area contributed by atoms with Crippen molar-refractivity contribution in [2.75, 3.05) is 10.6 Å². The Labute approximate surface area is 140 Å². The Morgan fingerprint density at radius 1 is 1.21 bits per heavy atom. The van der Waals surface area contributed by atoms with Crippen molar-refractivity contribution in [2.24, 2.45) is 0 Å². The zero-order valence-electron chi connectivity index (χ0n) is 12.4. The third-order valence-electron chi connectivity index (χ3n) is 2.98. The first kappa shape index (κ1) is 15.7. The standard InChI is InChI=1S/C14H11ClN6O3/c1-8(22)17-12-13(20-24-19-12)18-14(23)10-7-9(3-4-11(10)15)21-6-2-5-16-21/h2-7H,1H3,(H,17,19,22)(H,18,20,23). The first-order valence-corrected chi connectivity index (χ1v) is 7.13. The molecule has 0 radical (unpaired) electrons. The Bertz CT molecular complexity index is 890. The number of nitrogens with one attached hydrogen (secondary N) is 2. The second kappa shape index (κ2) is 6.50. The fourth-order valence-electron chi connectivity index (χ4n) is 1.95. The van der Waals surface area contributed by atoms with Crippen LogP contribution in [0, 0.1) is 0 Å². The summed E-state index contributed by atoms with van der Waals surface area (Å²) in [7, 11) is 0. The highest BCUT2D eigenvalue weighted by atomic mass is 35.5. The summed E-state index contributed by atoms with van der Waals surface area (Å²) >= 11 is 6.10. The molecule has 0 bridgehead atoms. The van der Waals surface area contributed by atoms with E-state index in [2.05, 4.69) is 30.7 Å². The van der Waals surface area contributed by atoms with Crippen molar-refractivity contribution in [3.05, 3.63) is 47.2 Å². The number of carbonyl (C=O) groups is 2. The van der Waals surface area contributed by atoms with Crippen molar-refractivity contribution in [3.63, 3.8) is 0 Å². The van der Waals surface area contributed by atoms with E-state index in [1.54, 1.807) is 41.3 Å². The molecule has 0 aliphatic carbocycles. The molecule has 0 atom stereocenters. The number of amides is 2. The van der Waals surface area contributed by atoms with Crippen LogP contribution in [0.3, 0.4) is 0 Å². The van der Waals surface area contributed by atoms with Gasteiger partial charge in [-0.05, 0) is 34.6 Å². The predicted molar refractivity (Wildman–Crippen MR) is 85.1 cm³/mol. The Hall–Kier alpha value is -3.20. The van der Waals surface area contributed by atoms with Gasteiger partial charge in [-0.25, -0.2) is 9.31 Å². The fourth-order valence-corrected chi connectivity index (χ4v) is 2.15. The van der Waals surface area contributed by atoms with Crippen LogP contribution in [0.25, 0.3) is 5.69 Å². The number of benzene rings is 1. The quantitative estimate of drug-likeness (QED) is 0.747. The maximum absolute atomic E-state index is 12.4. The summed E-state index contributed by atoms with van der Waals surface area (Å²) in [6.07, 6.45) is 3.36. The van der Waals surface area contributed by atoms with Gasteiger partial charge in [-0.3, -0.25) is 9.59 Å². The van der Waals surface area contributed by atoms with Crippen molar-refractivity contribution in [3.8, 4) is 5.69 Å². The lowest BCUT2D eigenvalue weighted by Crippen LogP contribution is -2.16. The molecule has 24 heavy (non-hydrogen) atoms. The summed E-state index contributed by atoms with van der Waals surface area (Å²) in [6, 6.07) is 6.65. The number of halogens is 1. The second-order valence-electron chi connectivity index (χ2n) is 4.71. The van der Waals surface area contributed by atoms with Gasteiger partial charge >= 0.3 is 0 Å². The van der Waals surface area contributed by atoms with E-state index in [0.29, 0.717) is 5.69 Å². The molecule has 2 heterocycles. The van der Waals surface area contributed by atoms with Gasteiger partial charge in [0.25, 0.3) is 5.91 Å². The maximum Gasteiger partial charge on any atom is 0.258 e. The molecule has 0 fully saturated rings. The predicted octanol–water partition coefficient (Wildman–Crippen LogP) is 2.12. The van der Waals surface area contributed by atoms with E-state index in [1.807, 2.05) is 0 Å². The molecule has 1 aromatic carbocycles. The molecule has 0 spiro atoms. The molecule has 2 N–H and O–H groups in total. The Morgan fingerprint density at radius 2 is 1.96 bits per heavy atom. The van der Waals surface area contributed by atoms with Crippen LogP contribution in [0.4, 0.5) is 11.6 Å². The Balaban J connectivity index is 1.86. The topological polar surface area (TPSA) is 115 Å². The number of rotatable bonds is 4. The van der Waals surface area contributed by atoms with Crippen LogP contribution in [0.15, 0.2) is 41.3 Å². The highest BCUT2D eigenvalue weighted by Gasteiger charge is 2.18. The van der Waals surface area contributed by atoms with Gasteiger partial charge in [-0.1, -0.05) is 11.6 Å². The number of nitrogens with zero attached hydrogens (tertiary/aromatic N) is 4. The zero-order chi connectivity index (χ0) is 17.1. The number of aromatic nitrogens is 4. The third kappa shape index (κ3) is 3.25. The van der Waals surface area contributed by atoms with Crippen molar-refractivity contribution in [2.45, 2.75) is 6.92 Å². The van der Waals surface area contributed by atoms with E-state index in [0.717, 1.165) is 0 Å². The van der Waals surface area contributed by atoms with Crippen LogP contribution in [-0.2, 0) is 4.79 Å². The van der Waals surface area contributed by atoms with Crippen molar-refractivity contribution in [1.82, 2.24) is 20.1 Å². The molecule has 122 valence electrons. The first-order valence-electron chi connectivity index (χ1n) is 6.75. The number of anilines is 2. The molecule has 0 aliphatic heterocycles. The molecule has 10 heteroatoms. The summed E-state index contributed by atoms with van der Waals surface area (Å²) < 4.78 is 6.11. The first-order chi connectivity index (χ1) is 11.5. The van der Waals surface area contributed by atoms with Gasteiger partial charge in [0, 0.05) is 19.3 Å². The van der Waals surface area contributed by atoms with Crippen molar-refractivity contribution >= 4 is 35.1 Å². The number of hydrogen-bond donors (Lipinski definition) is 2. The molecule has 0 unspecified atom stereocenters. The summed E-state index contributed by atoms with van der Waals surface area (Å²) in [5.74, 6) is -0.915. The molecular weight excluding hydrogens is 336 g/mol. The number of carbonyl (C=O) groups excluding carboxylic acids is 2. The third-order valence-corrected chi connectivity index (χ3v) is 3.31. The fraction of sp³-hybridized carbons (Fsp3) is 0.0714. The average Bonchev–Trinajstić information content (AvgIpc) is 3.20. The minimum absolute atomic E-state index is 0.00945. The summed E-state index contributed by atoms with van der Waals surface area (Å²) in [4.78, 5) is 23.5. The highest BCUT2D eigenvalue weighted by molar-refractivity contribution is 6.34. The van der Waals surface area contributed by atoms with E-state index in [1.165, 1.54) is 6.92 Å². The van der Waals surface area contributed by atoms with Crippen LogP contribution in [0.2, 0.25) is 5.02 Å².